The first-order valence-corrected chi connectivity index (χ1v) is 28.8. The van der Waals surface area contributed by atoms with E-state index in [1.807, 2.05) is 0 Å². The maximum atomic E-state index is 12.8. The summed E-state index contributed by atoms with van der Waals surface area (Å²) >= 11 is 0. The van der Waals surface area contributed by atoms with Crippen LogP contribution in [-0.2, 0) is 23.8 Å². The van der Waals surface area contributed by atoms with E-state index in [1.54, 1.807) is 0 Å². The lowest BCUT2D eigenvalue weighted by atomic mass is 10.1. The number of carbonyl (C=O) groups is 2. The Morgan fingerprint density at radius 2 is 0.682 bits per heavy atom. The van der Waals surface area contributed by atoms with Gasteiger partial charge in [0.1, 0.15) is 6.61 Å². The van der Waals surface area contributed by atoms with Gasteiger partial charge in [-0.05, 0) is 103 Å². The Kier molecular flexibility index (Phi) is 54.9. The molecule has 66 heavy (non-hydrogen) atoms. The summed E-state index contributed by atoms with van der Waals surface area (Å²) in [6.45, 7) is 7.70. The molecule has 0 aromatic heterocycles. The topological polar surface area (TPSA) is 61.8 Å². The molecule has 1 atom stereocenters. The van der Waals surface area contributed by atoms with Crippen LogP contribution in [0.5, 0.6) is 0 Å². The number of hydrogen-bond donors (Lipinski definition) is 0. The second kappa shape index (κ2) is 56.9. The summed E-state index contributed by atoms with van der Waals surface area (Å²) in [6, 6.07) is 0. The van der Waals surface area contributed by atoms with E-state index < -0.39 is 6.10 Å². The third-order valence-corrected chi connectivity index (χ3v) is 12.5. The van der Waals surface area contributed by atoms with Gasteiger partial charge in [-0.1, -0.05) is 236 Å². The average Bonchev–Trinajstić information content (AvgIpc) is 3.32. The SMILES string of the molecule is CC/C=C\C/C=C\C/C=C\CCCCCC(=O)OC(COCCCCCCCCCC/C=C\CCCCCCCC)COC(=O)CCCCCCCCCCC/C=C\CCCCCCCC. The minimum absolute atomic E-state index is 0.0720. The fourth-order valence-electron chi connectivity index (χ4n) is 8.22. The molecule has 0 aromatic carbocycles. The number of ether oxygens (including phenoxy) is 3. The molecular weight excluding hydrogens is 813 g/mol. The van der Waals surface area contributed by atoms with Gasteiger partial charge in [-0.15, -0.1) is 0 Å². The van der Waals surface area contributed by atoms with Gasteiger partial charge in [-0.25, -0.2) is 0 Å². The molecule has 0 spiro atoms. The molecule has 0 N–H and O–H groups in total. The summed E-state index contributed by atoms with van der Waals surface area (Å²) in [7, 11) is 0. The van der Waals surface area contributed by atoms with E-state index in [2.05, 4.69) is 81.5 Å². The van der Waals surface area contributed by atoms with E-state index >= 15 is 0 Å². The van der Waals surface area contributed by atoms with Gasteiger partial charge in [-0.2, -0.15) is 0 Å². The number of unbranched alkanes of at least 4 members (excludes halogenated alkanes) is 32. The molecule has 0 rings (SSSR count). The van der Waals surface area contributed by atoms with E-state index in [1.165, 1.54) is 186 Å². The van der Waals surface area contributed by atoms with Crippen LogP contribution in [0.3, 0.4) is 0 Å². The number of esters is 2. The van der Waals surface area contributed by atoms with Crippen LogP contribution < -0.4 is 0 Å². The molecule has 0 amide bonds. The fraction of sp³-hybridized carbons (Fsp3) is 0.803. The van der Waals surface area contributed by atoms with Crippen LogP contribution in [0.4, 0.5) is 0 Å². The maximum absolute atomic E-state index is 12.8. The van der Waals surface area contributed by atoms with Crippen molar-refractivity contribution in [3.05, 3.63) is 60.8 Å². The van der Waals surface area contributed by atoms with Crippen LogP contribution in [0.15, 0.2) is 60.8 Å². The summed E-state index contributed by atoms with van der Waals surface area (Å²) in [5, 5.41) is 0. The third-order valence-electron chi connectivity index (χ3n) is 12.5. The molecule has 0 saturated carbocycles. The van der Waals surface area contributed by atoms with Crippen LogP contribution in [0.2, 0.25) is 0 Å². The first-order chi connectivity index (χ1) is 32.6. The van der Waals surface area contributed by atoms with Crippen molar-refractivity contribution in [2.45, 2.75) is 297 Å². The van der Waals surface area contributed by atoms with E-state index in [0.717, 1.165) is 70.6 Å². The second-order valence-electron chi connectivity index (χ2n) is 19.2. The van der Waals surface area contributed by atoms with E-state index in [0.29, 0.717) is 19.4 Å². The summed E-state index contributed by atoms with van der Waals surface area (Å²) in [5.74, 6) is -0.425. The van der Waals surface area contributed by atoms with Crippen molar-refractivity contribution in [1.82, 2.24) is 0 Å². The minimum atomic E-state index is -0.554. The van der Waals surface area contributed by atoms with Crippen molar-refractivity contribution in [3.8, 4) is 0 Å². The first kappa shape index (κ1) is 63.6. The van der Waals surface area contributed by atoms with Crippen LogP contribution in [0, 0.1) is 0 Å². The molecule has 0 radical (unpaired) electrons. The molecule has 0 fully saturated rings. The fourth-order valence-corrected chi connectivity index (χ4v) is 8.22. The molecule has 0 saturated heterocycles. The van der Waals surface area contributed by atoms with Crippen molar-refractivity contribution < 1.29 is 23.8 Å². The van der Waals surface area contributed by atoms with Crippen LogP contribution in [-0.4, -0.2) is 37.9 Å². The summed E-state index contributed by atoms with van der Waals surface area (Å²) in [5.41, 5.74) is 0. The molecule has 5 nitrogen and oxygen atoms in total. The van der Waals surface area contributed by atoms with Gasteiger partial charge in [0.05, 0.1) is 6.61 Å². The summed E-state index contributed by atoms with van der Waals surface area (Å²) in [6.07, 6.45) is 72.5. The van der Waals surface area contributed by atoms with Crippen molar-refractivity contribution in [2.24, 2.45) is 0 Å². The summed E-state index contributed by atoms with van der Waals surface area (Å²) in [4.78, 5) is 25.5. The molecular formula is C61H110O5. The van der Waals surface area contributed by atoms with Crippen molar-refractivity contribution >= 4 is 11.9 Å². The molecule has 0 aromatic rings. The Morgan fingerprint density at radius 1 is 0.348 bits per heavy atom. The van der Waals surface area contributed by atoms with Gasteiger partial charge < -0.3 is 14.2 Å². The predicted molar refractivity (Wildman–Crippen MR) is 288 cm³/mol. The van der Waals surface area contributed by atoms with Crippen LogP contribution in [0.1, 0.15) is 290 Å². The molecule has 0 bridgehead atoms. The highest BCUT2D eigenvalue weighted by molar-refractivity contribution is 5.70. The van der Waals surface area contributed by atoms with Crippen LogP contribution in [0.25, 0.3) is 0 Å². The van der Waals surface area contributed by atoms with Gasteiger partial charge >= 0.3 is 11.9 Å². The van der Waals surface area contributed by atoms with Gasteiger partial charge in [0.2, 0.25) is 0 Å². The average molecular weight is 924 g/mol. The number of rotatable bonds is 53. The Hall–Kier alpha value is -2.40. The third kappa shape index (κ3) is 54.2. The van der Waals surface area contributed by atoms with Gasteiger partial charge in [0, 0.05) is 19.4 Å². The summed E-state index contributed by atoms with van der Waals surface area (Å²) < 4.78 is 17.4. The highest BCUT2D eigenvalue weighted by Crippen LogP contribution is 2.15. The normalized spacial score (nSPS) is 12.6. The molecule has 5 heteroatoms. The molecule has 0 heterocycles. The Morgan fingerprint density at radius 3 is 1.12 bits per heavy atom. The van der Waals surface area contributed by atoms with Crippen molar-refractivity contribution in [2.75, 3.05) is 19.8 Å². The lowest BCUT2D eigenvalue weighted by molar-refractivity contribution is -0.163. The largest absolute Gasteiger partial charge is 0.462 e. The first-order valence-electron chi connectivity index (χ1n) is 28.8. The lowest BCUT2D eigenvalue weighted by Crippen LogP contribution is -2.30. The van der Waals surface area contributed by atoms with Crippen molar-refractivity contribution in [3.63, 3.8) is 0 Å². The van der Waals surface area contributed by atoms with E-state index in [9.17, 15) is 9.59 Å². The second-order valence-corrected chi connectivity index (χ2v) is 19.2. The minimum Gasteiger partial charge on any atom is -0.462 e. The maximum Gasteiger partial charge on any atom is 0.306 e. The molecule has 0 aliphatic carbocycles. The number of hydrogen-bond acceptors (Lipinski definition) is 5. The van der Waals surface area contributed by atoms with Gasteiger partial charge in [0.15, 0.2) is 6.10 Å². The monoisotopic (exact) mass is 923 g/mol. The lowest BCUT2D eigenvalue weighted by Gasteiger charge is -2.18. The predicted octanol–water partition coefficient (Wildman–Crippen LogP) is 19.7. The number of carbonyl (C=O) groups excluding carboxylic acids is 2. The molecule has 1 unspecified atom stereocenters. The Bertz CT molecular complexity index is 1130. The molecule has 0 aliphatic rings. The van der Waals surface area contributed by atoms with Crippen LogP contribution >= 0.6 is 0 Å². The van der Waals surface area contributed by atoms with Gasteiger partial charge in [0.25, 0.3) is 0 Å². The molecule has 384 valence electrons. The standard InChI is InChI=1S/C61H110O5/c1-4-7-10-13-16-19-22-25-27-29-31-32-34-37-39-42-45-48-51-54-60(62)65-58-59(66-61(63)55-52-49-46-43-40-36-24-21-18-15-12-9-6-3)57-64-56-53-50-47-44-41-38-35-33-30-28-26-23-20-17-14-11-8-5-2/h9,12,18,21,25-28,36,40,59H,4-8,10-11,13-17,19-20,22-24,29-35,37-39,41-58H2,1-3H3/b12-9-,21-18-,27-25-,28-26-,40-36-. The van der Waals surface area contributed by atoms with Crippen molar-refractivity contribution in [1.29, 1.82) is 0 Å². The quantitative estimate of drug-likeness (QED) is 0.0346. The Balaban J connectivity index is 4.25. The van der Waals surface area contributed by atoms with E-state index in [4.69, 9.17) is 14.2 Å². The molecule has 0 aliphatic heterocycles. The smallest absolute Gasteiger partial charge is 0.306 e. The highest BCUT2D eigenvalue weighted by Gasteiger charge is 2.17. The van der Waals surface area contributed by atoms with E-state index in [-0.39, 0.29) is 25.2 Å². The zero-order chi connectivity index (χ0) is 47.7. The highest BCUT2D eigenvalue weighted by atomic mass is 16.6. The van der Waals surface area contributed by atoms with Gasteiger partial charge in [-0.3, -0.25) is 9.59 Å². The zero-order valence-corrected chi connectivity index (χ0v) is 44.2. The number of allylic oxidation sites excluding steroid dienone is 10. The zero-order valence-electron chi connectivity index (χ0n) is 44.2. The Labute approximate surface area is 411 Å².